The maximum atomic E-state index is 13.7. The molecule has 1 atom stereocenters. The molecular weight excluding hydrogens is 431 g/mol. The van der Waals surface area contributed by atoms with E-state index in [4.69, 9.17) is 4.98 Å². The SMILES string of the molecule is Cc1cnc(NC2CCC(C)(C)NC2)nc1-c1c[nH]c2c(P3(=O)CCCC3)c(C#N)ccc12. The summed E-state index contributed by atoms with van der Waals surface area (Å²) in [4.78, 5) is 12.8. The van der Waals surface area contributed by atoms with Gasteiger partial charge in [0.25, 0.3) is 0 Å². The first kappa shape index (κ1) is 22.1. The van der Waals surface area contributed by atoms with Crippen molar-refractivity contribution >= 4 is 29.3 Å². The maximum absolute atomic E-state index is 13.7. The van der Waals surface area contributed by atoms with E-state index < -0.39 is 7.14 Å². The molecule has 2 aromatic heterocycles. The molecular formula is C25H31N6OP. The highest BCUT2D eigenvalue weighted by atomic mass is 31.2. The number of anilines is 1. The third-order valence-electron chi connectivity index (χ3n) is 7.15. The van der Waals surface area contributed by atoms with Gasteiger partial charge in [-0.1, -0.05) is 6.07 Å². The number of benzene rings is 1. The molecule has 1 unspecified atom stereocenters. The topological polar surface area (TPSA) is 106 Å². The van der Waals surface area contributed by atoms with Crippen LogP contribution in [0.5, 0.6) is 0 Å². The number of hydrogen-bond donors (Lipinski definition) is 3. The van der Waals surface area contributed by atoms with Crippen LogP contribution in [0.3, 0.4) is 0 Å². The van der Waals surface area contributed by atoms with Crippen LogP contribution in [0.15, 0.2) is 24.5 Å². The fourth-order valence-electron chi connectivity index (χ4n) is 5.18. The van der Waals surface area contributed by atoms with Crippen LogP contribution >= 0.6 is 7.14 Å². The smallest absolute Gasteiger partial charge is 0.223 e. The highest BCUT2D eigenvalue weighted by molar-refractivity contribution is 7.72. The van der Waals surface area contributed by atoms with Gasteiger partial charge in [-0.3, -0.25) is 0 Å². The van der Waals surface area contributed by atoms with Gasteiger partial charge in [0.15, 0.2) is 0 Å². The summed E-state index contributed by atoms with van der Waals surface area (Å²) in [6, 6.07) is 6.33. The number of nitrogens with zero attached hydrogens (tertiary/aromatic N) is 3. The summed E-state index contributed by atoms with van der Waals surface area (Å²) >= 11 is 0. The van der Waals surface area contributed by atoms with E-state index in [0.29, 0.717) is 23.8 Å². The Morgan fingerprint density at radius 3 is 2.76 bits per heavy atom. The van der Waals surface area contributed by atoms with Crippen molar-refractivity contribution in [1.82, 2.24) is 20.3 Å². The molecule has 7 nitrogen and oxygen atoms in total. The summed E-state index contributed by atoms with van der Waals surface area (Å²) in [6.07, 6.45) is 9.22. The molecule has 0 spiro atoms. The first-order chi connectivity index (χ1) is 15.8. The number of aromatic amines is 1. The summed E-state index contributed by atoms with van der Waals surface area (Å²) in [7, 11) is -2.56. The zero-order valence-corrected chi connectivity index (χ0v) is 20.4. The van der Waals surface area contributed by atoms with Crippen molar-refractivity contribution in [3.8, 4) is 17.3 Å². The van der Waals surface area contributed by atoms with E-state index in [0.717, 1.165) is 65.3 Å². The highest BCUT2D eigenvalue weighted by Gasteiger charge is 2.34. The van der Waals surface area contributed by atoms with Gasteiger partial charge in [0, 0.05) is 53.8 Å². The van der Waals surface area contributed by atoms with E-state index in [9.17, 15) is 9.83 Å². The Kier molecular flexibility index (Phi) is 5.55. The lowest BCUT2D eigenvalue weighted by molar-refractivity contribution is 0.289. The molecule has 2 aliphatic rings. The van der Waals surface area contributed by atoms with Gasteiger partial charge < -0.3 is 20.2 Å². The number of piperidine rings is 1. The van der Waals surface area contributed by atoms with Gasteiger partial charge in [-0.05, 0) is 58.1 Å². The van der Waals surface area contributed by atoms with Crippen LogP contribution in [0.2, 0.25) is 0 Å². The number of aryl methyl sites for hydroxylation is 1. The lowest BCUT2D eigenvalue weighted by atomic mass is 9.91. The van der Waals surface area contributed by atoms with Crippen molar-refractivity contribution < 1.29 is 4.57 Å². The monoisotopic (exact) mass is 462 g/mol. The molecule has 172 valence electrons. The van der Waals surface area contributed by atoms with Crippen LogP contribution in [0.25, 0.3) is 22.2 Å². The first-order valence-corrected chi connectivity index (χ1v) is 13.9. The number of H-pyrrole nitrogens is 1. The van der Waals surface area contributed by atoms with Crippen molar-refractivity contribution in [2.45, 2.75) is 58.0 Å². The van der Waals surface area contributed by atoms with E-state index in [1.165, 1.54) is 0 Å². The molecule has 0 bridgehead atoms. The quantitative estimate of drug-likeness (QED) is 0.492. The minimum absolute atomic E-state index is 0.169. The first-order valence-electron chi connectivity index (χ1n) is 11.8. The molecule has 5 rings (SSSR count). The third kappa shape index (κ3) is 4.07. The van der Waals surface area contributed by atoms with Gasteiger partial charge in [0.05, 0.1) is 28.1 Å². The van der Waals surface area contributed by atoms with Crippen LogP contribution in [-0.2, 0) is 4.57 Å². The Hall–Kier alpha value is -2.68. The average Bonchev–Trinajstić information content (AvgIpc) is 3.42. The predicted molar refractivity (Wildman–Crippen MR) is 134 cm³/mol. The standard InChI is InChI=1S/C25H31N6OP/c1-16-13-28-24(30-18-8-9-25(2,3)29-14-18)31-21(16)20-15-27-22-19(20)7-6-17(12-26)23(22)33(32)10-4-5-11-33/h6-7,13,15,18,27,29H,4-5,8-11,14H2,1-3H3,(H,28,30,31). The molecule has 2 fully saturated rings. The molecule has 1 aromatic carbocycles. The van der Waals surface area contributed by atoms with E-state index in [2.05, 4.69) is 40.5 Å². The van der Waals surface area contributed by atoms with Crippen LogP contribution in [-0.4, -0.2) is 45.4 Å². The van der Waals surface area contributed by atoms with Crippen LogP contribution in [0, 0.1) is 18.3 Å². The number of rotatable bonds is 4. The summed E-state index contributed by atoms with van der Waals surface area (Å²) in [5.41, 5.74) is 4.29. The van der Waals surface area contributed by atoms with E-state index in [1.54, 1.807) is 0 Å². The van der Waals surface area contributed by atoms with Gasteiger partial charge >= 0.3 is 0 Å². The van der Waals surface area contributed by atoms with E-state index in [1.807, 2.05) is 31.5 Å². The van der Waals surface area contributed by atoms with Gasteiger partial charge in [0.2, 0.25) is 5.95 Å². The lowest BCUT2D eigenvalue weighted by Gasteiger charge is -2.36. The van der Waals surface area contributed by atoms with Crippen LogP contribution < -0.4 is 15.9 Å². The summed E-state index contributed by atoms with van der Waals surface area (Å²) in [5, 5.41) is 18.5. The molecule has 8 heteroatoms. The van der Waals surface area contributed by atoms with Crippen molar-refractivity contribution in [2.75, 3.05) is 24.2 Å². The van der Waals surface area contributed by atoms with Gasteiger partial charge in [0.1, 0.15) is 7.14 Å². The Balaban J connectivity index is 1.53. The number of nitrogens with one attached hydrogen (secondary N) is 3. The molecule has 0 aliphatic carbocycles. The molecule has 33 heavy (non-hydrogen) atoms. The summed E-state index contributed by atoms with van der Waals surface area (Å²) in [6.45, 7) is 7.34. The zero-order valence-electron chi connectivity index (χ0n) is 19.5. The second kappa shape index (κ2) is 8.27. The summed E-state index contributed by atoms with van der Waals surface area (Å²) in [5.74, 6) is 0.619. The normalized spacial score (nSPS) is 21.7. The molecule has 3 N–H and O–H groups in total. The maximum Gasteiger partial charge on any atom is 0.223 e. The Morgan fingerprint density at radius 2 is 2.06 bits per heavy atom. The van der Waals surface area contributed by atoms with Gasteiger partial charge in [-0.15, -0.1) is 0 Å². The molecule has 0 saturated carbocycles. The Labute approximate surface area is 194 Å². The van der Waals surface area contributed by atoms with Gasteiger partial charge in [-0.2, -0.15) is 5.26 Å². The largest absolute Gasteiger partial charge is 0.360 e. The second-order valence-corrected chi connectivity index (χ2v) is 13.2. The fourth-order valence-corrected chi connectivity index (χ4v) is 8.47. The summed E-state index contributed by atoms with van der Waals surface area (Å²) < 4.78 is 13.7. The van der Waals surface area contributed by atoms with Crippen molar-refractivity contribution in [1.29, 1.82) is 5.26 Å². The number of hydrogen-bond acceptors (Lipinski definition) is 6. The number of nitriles is 1. The minimum Gasteiger partial charge on any atom is -0.360 e. The Morgan fingerprint density at radius 1 is 1.27 bits per heavy atom. The molecule has 2 aliphatic heterocycles. The molecule has 4 heterocycles. The molecule has 0 radical (unpaired) electrons. The molecule has 0 amide bonds. The minimum atomic E-state index is -2.56. The second-order valence-electron chi connectivity index (χ2n) is 10.1. The van der Waals surface area contributed by atoms with Crippen LogP contribution in [0.1, 0.15) is 50.7 Å². The Bertz CT molecular complexity index is 1280. The van der Waals surface area contributed by atoms with E-state index >= 15 is 0 Å². The molecule has 2 saturated heterocycles. The zero-order chi connectivity index (χ0) is 23.2. The van der Waals surface area contributed by atoms with Crippen molar-refractivity contribution in [3.05, 3.63) is 35.7 Å². The van der Waals surface area contributed by atoms with Crippen molar-refractivity contribution in [3.63, 3.8) is 0 Å². The highest BCUT2D eigenvalue weighted by Crippen LogP contribution is 2.53. The van der Waals surface area contributed by atoms with Gasteiger partial charge in [-0.25, -0.2) is 9.97 Å². The predicted octanol–water partition coefficient (Wildman–Crippen LogP) is 4.53. The fraction of sp³-hybridized carbons (Fsp3) is 0.480. The molecule has 3 aromatic rings. The number of aromatic nitrogens is 3. The lowest BCUT2D eigenvalue weighted by Crippen LogP contribution is -2.50. The third-order valence-corrected chi connectivity index (χ3v) is 10.5. The van der Waals surface area contributed by atoms with Crippen molar-refractivity contribution in [2.24, 2.45) is 0 Å². The van der Waals surface area contributed by atoms with E-state index in [-0.39, 0.29) is 11.6 Å². The van der Waals surface area contributed by atoms with Crippen LogP contribution in [0.4, 0.5) is 5.95 Å². The number of fused-ring (bicyclic) bond motifs is 1. The average molecular weight is 463 g/mol.